The van der Waals surface area contributed by atoms with E-state index in [4.69, 9.17) is 9.47 Å². The van der Waals surface area contributed by atoms with Gasteiger partial charge in [-0.3, -0.25) is 0 Å². The third-order valence-electron chi connectivity index (χ3n) is 2.27. The van der Waals surface area contributed by atoms with Crippen molar-refractivity contribution in [3.8, 4) is 0 Å². The maximum absolute atomic E-state index is 5.37. The Hall–Kier alpha value is -1.04. The molecule has 0 aliphatic rings. The third-order valence-corrected chi connectivity index (χ3v) is 2.27. The molecule has 0 amide bonds. The van der Waals surface area contributed by atoms with Crippen LogP contribution in [0.5, 0.6) is 0 Å². The summed E-state index contributed by atoms with van der Waals surface area (Å²) in [5.74, 6) is 0. The number of rotatable bonds is 10. The summed E-state index contributed by atoms with van der Waals surface area (Å²) in [6.45, 7) is 3.94. The zero-order valence-corrected chi connectivity index (χ0v) is 10.4. The highest BCUT2D eigenvalue weighted by atomic mass is 16.5. The molecule has 0 radical (unpaired) electrons. The summed E-state index contributed by atoms with van der Waals surface area (Å²) in [7, 11) is 1.68. The highest BCUT2D eigenvalue weighted by Gasteiger charge is 1.93. The molecule has 0 unspecified atom stereocenters. The standard InChI is InChI=1S/C12H21N3O2/c1-16-8-9-17-7-3-2-5-13-10-12-4-6-14-11-15-12/h4,6,11,13H,2-3,5,7-10H2,1H3. The van der Waals surface area contributed by atoms with E-state index in [2.05, 4.69) is 15.3 Å². The molecule has 96 valence electrons. The molecular formula is C12H21N3O2. The molecule has 0 bridgehead atoms. The van der Waals surface area contributed by atoms with Gasteiger partial charge in [-0.2, -0.15) is 0 Å². The van der Waals surface area contributed by atoms with Crippen LogP contribution < -0.4 is 5.32 Å². The first kappa shape index (κ1) is 14.0. The van der Waals surface area contributed by atoms with Gasteiger partial charge in [-0.1, -0.05) is 0 Å². The van der Waals surface area contributed by atoms with Crippen LogP contribution in [0.4, 0.5) is 0 Å². The summed E-state index contributed by atoms with van der Waals surface area (Å²) in [4.78, 5) is 8.01. The Kier molecular flexibility index (Phi) is 8.36. The molecule has 0 atom stereocenters. The third kappa shape index (κ3) is 7.79. The molecule has 0 aliphatic heterocycles. The minimum absolute atomic E-state index is 0.673. The molecular weight excluding hydrogens is 218 g/mol. The Morgan fingerprint density at radius 1 is 1.24 bits per heavy atom. The molecule has 1 aromatic rings. The molecule has 0 aliphatic carbocycles. The molecule has 0 spiro atoms. The zero-order chi connectivity index (χ0) is 12.2. The maximum Gasteiger partial charge on any atom is 0.115 e. The van der Waals surface area contributed by atoms with Gasteiger partial charge in [0.05, 0.1) is 18.9 Å². The zero-order valence-electron chi connectivity index (χ0n) is 10.4. The monoisotopic (exact) mass is 239 g/mol. The summed E-state index contributed by atoms with van der Waals surface area (Å²) in [5.41, 5.74) is 1.02. The largest absolute Gasteiger partial charge is 0.382 e. The van der Waals surface area contributed by atoms with Crippen molar-refractivity contribution in [1.29, 1.82) is 0 Å². The first-order valence-electron chi connectivity index (χ1n) is 5.96. The van der Waals surface area contributed by atoms with E-state index in [1.807, 2.05) is 6.07 Å². The van der Waals surface area contributed by atoms with Gasteiger partial charge < -0.3 is 14.8 Å². The predicted octanol–water partition coefficient (Wildman–Crippen LogP) is 1.01. The Balaban J connectivity index is 1.85. The lowest BCUT2D eigenvalue weighted by atomic mass is 10.3. The Morgan fingerprint density at radius 3 is 2.94 bits per heavy atom. The van der Waals surface area contributed by atoms with E-state index in [-0.39, 0.29) is 0 Å². The van der Waals surface area contributed by atoms with Crippen molar-refractivity contribution in [2.45, 2.75) is 19.4 Å². The molecule has 1 heterocycles. The van der Waals surface area contributed by atoms with Crippen LogP contribution in [0.3, 0.4) is 0 Å². The highest BCUT2D eigenvalue weighted by molar-refractivity contribution is 4.96. The van der Waals surface area contributed by atoms with Crippen molar-refractivity contribution in [1.82, 2.24) is 15.3 Å². The molecule has 1 N–H and O–H groups in total. The van der Waals surface area contributed by atoms with Crippen molar-refractivity contribution in [3.63, 3.8) is 0 Å². The summed E-state index contributed by atoms with van der Waals surface area (Å²) in [6.07, 6.45) is 5.51. The van der Waals surface area contributed by atoms with Gasteiger partial charge in [0.15, 0.2) is 0 Å². The van der Waals surface area contributed by atoms with Crippen molar-refractivity contribution in [3.05, 3.63) is 24.3 Å². The number of nitrogens with zero attached hydrogens (tertiary/aromatic N) is 2. The van der Waals surface area contributed by atoms with Crippen LogP contribution >= 0.6 is 0 Å². The lowest BCUT2D eigenvalue weighted by molar-refractivity contribution is 0.0688. The van der Waals surface area contributed by atoms with Gasteiger partial charge in [0.2, 0.25) is 0 Å². The van der Waals surface area contributed by atoms with Crippen LogP contribution in [0.2, 0.25) is 0 Å². The fourth-order valence-corrected chi connectivity index (χ4v) is 1.34. The lowest BCUT2D eigenvalue weighted by Gasteiger charge is -2.05. The molecule has 0 saturated heterocycles. The van der Waals surface area contributed by atoms with Crippen LogP contribution in [-0.2, 0) is 16.0 Å². The molecule has 0 saturated carbocycles. The second-order valence-electron chi connectivity index (χ2n) is 3.69. The second kappa shape index (κ2) is 10.1. The molecule has 0 aromatic carbocycles. The molecule has 0 fully saturated rings. The molecule has 5 nitrogen and oxygen atoms in total. The van der Waals surface area contributed by atoms with Crippen LogP contribution in [0, 0.1) is 0 Å². The van der Waals surface area contributed by atoms with Crippen LogP contribution in [0.1, 0.15) is 18.5 Å². The number of hydrogen-bond acceptors (Lipinski definition) is 5. The molecule has 1 aromatic heterocycles. The molecule has 1 rings (SSSR count). The van der Waals surface area contributed by atoms with E-state index in [0.29, 0.717) is 13.2 Å². The summed E-state index contributed by atoms with van der Waals surface area (Å²) in [6, 6.07) is 1.92. The average molecular weight is 239 g/mol. The van der Waals surface area contributed by atoms with Gasteiger partial charge in [0.25, 0.3) is 0 Å². The Morgan fingerprint density at radius 2 is 2.18 bits per heavy atom. The topological polar surface area (TPSA) is 56.3 Å². The fraction of sp³-hybridized carbons (Fsp3) is 0.667. The first-order chi connectivity index (χ1) is 8.43. The fourth-order valence-electron chi connectivity index (χ4n) is 1.34. The van der Waals surface area contributed by atoms with E-state index in [9.17, 15) is 0 Å². The minimum Gasteiger partial charge on any atom is -0.382 e. The van der Waals surface area contributed by atoms with E-state index < -0.39 is 0 Å². The predicted molar refractivity (Wildman–Crippen MR) is 65.7 cm³/mol. The van der Waals surface area contributed by atoms with Crippen molar-refractivity contribution < 1.29 is 9.47 Å². The van der Waals surface area contributed by atoms with Crippen molar-refractivity contribution in [2.75, 3.05) is 33.5 Å². The average Bonchev–Trinajstić information content (AvgIpc) is 2.38. The molecule has 17 heavy (non-hydrogen) atoms. The SMILES string of the molecule is COCCOCCCCNCc1ccncn1. The van der Waals surface area contributed by atoms with Crippen LogP contribution in [0.15, 0.2) is 18.6 Å². The Labute approximate surface area is 103 Å². The normalized spacial score (nSPS) is 10.6. The van der Waals surface area contributed by atoms with Gasteiger partial charge in [0.1, 0.15) is 6.33 Å². The lowest BCUT2D eigenvalue weighted by Crippen LogP contribution is -2.16. The van der Waals surface area contributed by atoms with Crippen molar-refractivity contribution in [2.24, 2.45) is 0 Å². The van der Waals surface area contributed by atoms with Crippen LogP contribution in [0.25, 0.3) is 0 Å². The number of methoxy groups -OCH3 is 1. The maximum atomic E-state index is 5.37. The Bertz CT molecular complexity index is 270. The van der Waals surface area contributed by atoms with E-state index in [1.54, 1.807) is 19.6 Å². The van der Waals surface area contributed by atoms with Crippen LogP contribution in [-0.4, -0.2) is 43.4 Å². The van der Waals surface area contributed by atoms with Crippen molar-refractivity contribution >= 4 is 0 Å². The number of hydrogen-bond donors (Lipinski definition) is 1. The smallest absolute Gasteiger partial charge is 0.115 e. The molecule has 5 heteroatoms. The minimum atomic E-state index is 0.673. The summed E-state index contributed by atoms with van der Waals surface area (Å²) in [5, 5.41) is 3.33. The number of ether oxygens (including phenoxy) is 2. The highest BCUT2D eigenvalue weighted by Crippen LogP contribution is 1.92. The number of unbranched alkanes of at least 4 members (excludes halogenated alkanes) is 1. The first-order valence-corrected chi connectivity index (χ1v) is 5.96. The number of aromatic nitrogens is 2. The quantitative estimate of drug-likeness (QED) is 0.618. The second-order valence-corrected chi connectivity index (χ2v) is 3.69. The van der Waals surface area contributed by atoms with Gasteiger partial charge in [-0.05, 0) is 25.5 Å². The summed E-state index contributed by atoms with van der Waals surface area (Å²) >= 11 is 0. The van der Waals surface area contributed by atoms with Gasteiger partial charge >= 0.3 is 0 Å². The van der Waals surface area contributed by atoms with Gasteiger partial charge in [0, 0.05) is 26.5 Å². The van der Waals surface area contributed by atoms with Gasteiger partial charge in [-0.25, -0.2) is 9.97 Å². The van der Waals surface area contributed by atoms with E-state index in [0.717, 1.165) is 38.2 Å². The van der Waals surface area contributed by atoms with E-state index >= 15 is 0 Å². The summed E-state index contributed by atoms with van der Waals surface area (Å²) < 4.78 is 10.3. The van der Waals surface area contributed by atoms with Gasteiger partial charge in [-0.15, -0.1) is 0 Å². The number of nitrogens with one attached hydrogen (secondary N) is 1. The van der Waals surface area contributed by atoms with E-state index in [1.165, 1.54) is 0 Å².